The zero-order valence-electron chi connectivity index (χ0n) is 28.4. The van der Waals surface area contributed by atoms with Gasteiger partial charge in [0.15, 0.2) is 0 Å². The maximum Gasteiger partial charge on any atom is 0.249 e. The molecule has 1 saturated heterocycles. The van der Waals surface area contributed by atoms with E-state index in [1.807, 2.05) is 55.5 Å². The molecule has 0 spiro atoms. The lowest BCUT2D eigenvalue weighted by molar-refractivity contribution is -0.138. The van der Waals surface area contributed by atoms with E-state index in [9.17, 15) is 18.0 Å². The Labute approximate surface area is 298 Å². The highest BCUT2D eigenvalue weighted by Crippen LogP contribution is 2.23. The summed E-state index contributed by atoms with van der Waals surface area (Å²) in [5.41, 5.74) is 4.23. The molecule has 3 N–H and O–H groups in total. The molecule has 2 unspecified atom stereocenters. The number of amides is 2. The third kappa shape index (κ3) is 9.69. The van der Waals surface area contributed by atoms with Gasteiger partial charge in [0, 0.05) is 51.0 Å². The number of aromatic nitrogens is 2. The first kappa shape index (κ1) is 35.5. The van der Waals surface area contributed by atoms with Gasteiger partial charge in [-0.15, -0.1) is 0 Å². The molecular weight excluding hydrogens is 665 g/mol. The molecule has 0 saturated carbocycles. The number of H-pyrrole nitrogens is 1. The van der Waals surface area contributed by atoms with Crippen LogP contribution in [-0.4, -0.2) is 72.2 Å². The zero-order valence-corrected chi connectivity index (χ0v) is 29.3. The van der Waals surface area contributed by atoms with Crippen LogP contribution in [0.1, 0.15) is 34.0 Å². The van der Waals surface area contributed by atoms with Crippen LogP contribution in [0.3, 0.4) is 0 Å². The molecule has 51 heavy (non-hydrogen) atoms. The standard InChI is InChI=1S/C39H42N6O5S/c1-29-12-18-35(19-13-29)51(48,49)43-36(24-33-25-40-28-41-33)38(46)42-37(32-14-16-34(17-15-32)50-27-31-10-6-3-7-11-31)39(47)45-22-20-44(21-23-45)26-30-8-4-2-5-9-30/h2-19,25,28,36-37,43H,20-24,26-27H2,1H3,(H,40,41)(H,42,46). The summed E-state index contributed by atoms with van der Waals surface area (Å²) >= 11 is 0. The van der Waals surface area contributed by atoms with Gasteiger partial charge in [-0.1, -0.05) is 90.5 Å². The third-order valence-electron chi connectivity index (χ3n) is 8.85. The van der Waals surface area contributed by atoms with Gasteiger partial charge < -0.3 is 19.9 Å². The minimum absolute atomic E-state index is 0.0116. The van der Waals surface area contributed by atoms with E-state index in [2.05, 4.69) is 37.0 Å². The number of piperazine rings is 1. The van der Waals surface area contributed by atoms with E-state index in [0.29, 0.717) is 49.8 Å². The summed E-state index contributed by atoms with van der Waals surface area (Å²) in [6, 6.07) is 31.1. The highest BCUT2D eigenvalue weighted by Gasteiger charge is 2.34. The fourth-order valence-electron chi connectivity index (χ4n) is 5.96. The van der Waals surface area contributed by atoms with Crippen LogP contribution in [0.5, 0.6) is 5.75 Å². The maximum absolute atomic E-state index is 14.3. The number of nitrogens with zero attached hydrogens (tertiary/aromatic N) is 3. The molecule has 5 aromatic rings. The second kappa shape index (κ2) is 16.6. The first-order valence-electron chi connectivity index (χ1n) is 16.9. The average molecular weight is 707 g/mol. The van der Waals surface area contributed by atoms with Crippen molar-refractivity contribution in [1.29, 1.82) is 0 Å². The number of rotatable bonds is 14. The summed E-state index contributed by atoms with van der Waals surface area (Å²) in [5, 5.41) is 2.91. The Morgan fingerprint density at radius 1 is 0.843 bits per heavy atom. The molecule has 1 aromatic heterocycles. The molecule has 6 rings (SSSR count). The normalized spacial score (nSPS) is 14.8. The van der Waals surface area contributed by atoms with E-state index in [1.165, 1.54) is 30.2 Å². The highest BCUT2D eigenvalue weighted by molar-refractivity contribution is 7.89. The van der Waals surface area contributed by atoms with Gasteiger partial charge in [0.05, 0.1) is 11.2 Å². The van der Waals surface area contributed by atoms with E-state index < -0.39 is 28.0 Å². The minimum Gasteiger partial charge on any atom is -0.489 e. The van der Waals surface area contributed by atoms with Gasteiger partial charge in [0.25, 0.3) is 0 Å². The smallest absolute Gasteiger partial charge is 0.249 e. The van der Waals surface area contributed by atoms with Gasteiger partial charge in [0.2, 0.25) is 21.8 Å². The number of hydrogen-bond acceptors (Lipinski definition) is 7. The number of aryl methyl sites for hydroxylation is 1. The largest absolute Gasteiger partial charge is 0.489 e. The minimum atomic E-state index is -4.10. The molecule has 12 heteroatoms. The second-order valence-corrected chi connectivity index (χ2v) is 14.4. The summed E-state index contributed by atoms with van der Waals surface area (Å²) in [6.07, 6.45) is 2.98. The predicted octanol–water partition coefficient (Wildman–Crippen LogP) is 4.39. The number of sulfonamides is 1. The number of hydrogen-bond donors (Lipinski definition) is 3. The lowest BCUT2D eigenvalue weighted by Crippen LogP contribution is -2.54. The number of ether oxygens (including phenoxy) is 1. The molecule has 1 aliphatic heterocycles. The zero-order chi connectivity index (χ0) is 35.6. The van der Waals surface area contributed by atoms with Gasteiger partial charge in [-0.2, -0.15) is 4.72 Å². The molecule has 1 fully saturated rings. The number of carbonyl (C=O) groups excluding carboxylic acids is 2. The van der Waals surface area contributed by atoms with Crippen molar-refractivity contribution < 1.29 is 22.7 Å². The Bertz CT molecular complexity index is 1970. The molecule has 11 nitrogen and oxygen atoms in total. The molecule has 4 aromatic carbocycles. The average Bonchev–Trinajstić information content (AvgIpc) is 3.67. The van der Waals surface area contributed by atoms with E-state index in [1.54, 1.807) is 41.3 Å². The fourth-order valence-corrected chi connectivity index (χ4v) is 7.15. The molecule has 1 aliphatic rings. The molecule has 2 heterocycles. The molecule has 2 atom stereocenters. The second-order valence-electron chi connectivity index (χ2n) is 12.6. The van der Waals surface area contributed by atoms with E-state index in [0.717, 1.165) is 17.7 Å². The number of imidazole rings is 1. The highest BCUT2D eigenvalue weighted by atomic mass is 32.2. The van der Waals surface area contributed by atoms with E-state index in [-0.39, 0.29) is 17.2 Å². The van der Waals surface area contributed by atoms with Crippen molar-refractivity contribution in [2.75, 3.05) is 26.2 Å². The quantitative estimate of drug-likeness (QED) is 0.156. The number of benzene rings is 4. The summed E-state index contributed by atoms with van der Waals surface area (Å²) in [7, 11) is -4.10. The molecule has 0 bridgehead atoms. The number of aromatic amines is 1. The SMILES string of the molecule is Cc1ccc(S(=O)(=O)NC(Cc2cnc[nH]2)C(=O)NC(C(=O)N2CCN(Cc3ccccc3)CC2)c2ccc(OCc3ccccc3)cc2)cc1. The molecule has 264 valence electrons. The van der Waals surface area contributed by atoms with Crippen molar-refractivity contribution in [3.05, 3.63) is 150 Å². The first-order chi connectivity index (χ1) is 24.7. The van der Waals surface area contributed by atoms with Crippen molar-refractivity contribution in [3.8, 4) is 5.75 Å². The van der Waals surface area contributed by atoms with Crippen LogP contribution in [0.15, 0.2) is 127 Å². The Morgan fingerprint density at radius 3 is 2.12 bits per heavy atom. The summed E-state index contributed by atoms with van der Waals surface area (Å²) < 4.78 is 35.5. The number of carbonyl (C=O) groups is 2. The van der Waals surface area contributed by atoms with Crippen molar-refractivity contribution in [1.82, 2.24) is 29.8 Å². The van der Waals surface area contributed by atoms with E-state index in [4.69, 9.17) is 4.74 Å². The summed E-state index contributed by atoms with van der Waals surface area (Å²) in [6.45, 7) is 5.33. The van der Waals surface area contributed by atoms with Crippen LogP contribution >= 0.6 is 0 Å². The predicted molar refractivity (Wildman–Crippen MR) is 194 cm³/mol. The number of nitrogens with one attached hydrogen (secondary N) is 3. The van der Waals surface area contributed by atoms with Crippen LogP contribution in [0.25, 0.3) is 0 Å². The van der Waals surface area contributed by atoms with Crippen molar-refractivity contribution in [2.24, 2.45) is 0 Å². The van der Waals surface area contributed by atoms with Gasteiger partial charge in [-0.3, -0.25) is 14.5 Å². The van der Waals surface area contributed by atoms with Gasteiger partial charge in [0.1, 0.15) is 24.4 Å². The van der Waals surface area contributed by atoms with Crippen molar-refractivity contribution >= 4 is 21.8 Å². The van der Waals surface area contributed by atoms with Crippen LogP contribution in [0.4, 0.5) is 0 Å². The Hall–Kier alpha value is -5.30. The maximum atomic E-state index is 14.3. The molecular formula is C39H42N6O5S. The van der Waals surface area contributed by atoms with Gasteiger partial charge in [-0.25, -0.2) is 13.4 Å². The monoisotopic (exact) mass is 706 g/mol. The van der Waals surface area contributed by atoms with Crippen LogP contribution in [0.2, 0.25) is 0 Å². The van der Waals surface area contributed by atoms with Gasteiger partial charge in [-0.05, 0) is 47.9 Å². The van der Waals surface area contributed by atoms with Crippen LogP contribution in [0, 0.1) is 6.92 Å². The van der Waals surface area contributed by atoms with Crippen molar-refractivity contribution in [2.45, 2.75) is 43.5 Å². The Morgan fingerprint density at radius 2 is 1.49 bits per heavy atom. The Kier molecular flexibility index (Phi) is 11.6. The summed E-state index contributed by atoms with van der Waals surface area (Å²) in [5.74, 6) is -0.314. The molecule has 0 radical (unpaired) electrons. The van der Waals surface area contributed by atoms with Crippen molar-refractivity contribution in [3.63, 3.8) is 0 Å². The van der Waals surface area contributed by atoms with Gasteiger partial charge >= 0.3 is 0 Å². The topological polar surface area (TPSA) is 137 Å². The lowest BCUT2D eigenvalue weighted by atomic mass is 10.0. The molecule has 2 amide bonds. The fraction of sp³-hybridized carbons (Fsp3) is 0.256. The first-order valence-corrected chi connectivity index (χ1v) is 18.4. The Balaban J connectivity index is 1.22. The van der Waals surface area contributed by atoms with Crippen LogP contribution < -0.4 is 14.8 Å². The lowest BCUT2D eigenvalue weighted by Gasteiger charge is -2.37. The third-order valence-corrected chi connectivity index (χ3v) is 10.3. The van der Waals surface area contributed by atoms with E-state index >= 15 is 0 Å². The summed E-state index contributed by atoms with van der Waals surface area (Å²) in [4.78, 5) is 39.5. The molecule has 0 aliphatic carbocycles. The van der Waals surface area contributed by atoms with Crippen LogP contribution in [-0.2, 0) is 39.2 Å².